The Kier molecular flexibility index (Phi) is 4.19. The second-order valence-electron chi connectivity index (χ2n) is 7.86. The summed E-state index contributed by atoms with van der Waals surface area (Å²) in [5, 5.41) is 7.65. The van der Waals surface area contributed by atoms with E-state index in [1.807, 2.05) is 61.5 Å². The summed E-state index contributed by atoms with van der Waals surface area (Å²) in [4.78, 5) is 27.2. The number of para-hydroxylation sites is 1. The van der Waals surface area contributed by atoms with Crippen molar-refractivity contribution in [2.75, 3.05) is 19.6 Å². The molecule has 2 aliphatic rings. The predicted octanol–water partition coefficient (Wildman–Crippen LogP) is 2.67. The molecule has 6 heteroatoms. The van der Waals surface area contributed by atoms with Gasteiger partial charge in [-0.2, -0.15) is 5.10 Å². The van der Waals surface area contributed by atoms with E-state index < -0.39 is 0 Å². The van der Waals surface area contributed by atoms with Crippen LogP contribution in [0.4, 0.5) is 0 Å². The lowest BCUT2D eigenvalue weighted by Gasteiger charge is -2.17. The number of nitrogens with one attached hydrogen (secondary N) is 1. The number of carbonyl (C=O) groups is 2. The first kappa shape index (κ1) is 17.7. The Morgan fingerprint density at radius 3 is 2.55 bits per heavy atom. The zero-order valence-corrected chi connectivity index (χ0v) is 16.2. The summed E-state index contributed by atoms with van der Waals surface area (Å²) in [6, 6.07) is 17.8. The van der Waals surface area contributed by atoms with E-state index in [0.29, 0.717) is 30.9 Å². The zero-order valence-electron chi connectivity index (χ0n) is 16.2. The summed E-state index contributed by atoms with van der Waals surface area (Å²) in [7, 11) is 0. The topological polar surface area (TPSA) is 67.2 Å². The fraction of sp³-hybridized carbons (Fsp3) is 0.261. The molecule has 0 radical (unpaired) electrons. The highest BCUT2D eigenvalue weighted by molar-refractivity contribution is 6.00. The standard InChI is InChI=1S/C23H22N4O2/c1-15-7-9-16(10-8-15)21-20(14-27(25-21)18-5-3-2-4-6-18)23(29)26-12-17-11-24-22(28)19(17)13-26/h2-10,14,17,19H,11-13H2,1H3,(H,24,28)/t17-,19+/m0/s1. The molecule has 3 aromatic rings. The normalized spacial score (nSPS) is 20.6. The average Bonchev–Trinajstić information content (AvgIpc) is 3.45. The summed E-state index contributed by atoms with van der Waals surface area (Å²) in [6.07, 6.45) is 1.81. The molecular weight excluding hydrogens is 364 g/mol. The smallest absolute Gasteiger partial charge is 0.257 e. The van der Waals surface area contributed by atoms with E-state index in [1.54, 1.807) is 15.8 Å². The molecule has 0 bridgehead atoms. The number of hydrogen-bond acceptors (Lipinski definition) is 3. The Hall–Kier alpha value is -3.41. The highest BCUT2D eigenvalue weighted by Crippen LogP contribution is 2.31. The Balaban J connectivity index is 1.54. The number of hydrogen-bond donors (Lipinski definition) is 1. The van der Waals surface area contributed by atoms with Gasteiger partial charge < -0.3 is 10.2 Å². The van der Waals surface area contributed by atoms with Gasteiger partial charge in [0.05, 0.1) is 17.2 Å². The molecule has 1 N–H and O–H groups in total. The van der Waals surface area contributed by atoms with Gasteiger partial charge in [-0.05, 0) is 19.1 Å². The summed E-state index contributed by atoms with van der Waals surface area (Å²) >= 11 is 0. The predicted molar refractivity (Wildman–Crippen MR) is 110 cm³/mol. The first-order valence-corrected chi connectivity index (χ1v) is 9.89. The van der Waals surface area contributed by atoms with Gasteiger partial charge in [0.15, 0.2) is 0 Å². The fourth-order valence-corrected chi connectivity index (χ4v) is 4.24. The van der Waals surface area contributed by atoms with Crippen molar-refractivity contribution >= 4 is 11.8 Å². The molecule has 29 heavy (non-hydrogen) atoms. The molecule has 3 heterocycles. The molecule has 2 fully saturated rings. The third-order valence-corrected chi connectivity index (χ3v) is 5.89. The lowest BCUT2D eigenvalue weighted by atomic mass is 10.0. The van der Waals surface area contributed by atoms with E-state index in [4.69, 9.17) is 5.10 Å². The number of benzene rings is 2. The van der Waals surface area contributed by atoms with Crippen LogP contribution in [-0.4, -0.2) is 46.1 Å². The number of fused-ring (bicyclic) bond motifs is 1. The highest BCUT2D eigenvalue weighted by atomic mass is 16.2. The van der Waals surface area contributed by atoms with Gasteiger partial charge in [-0.1, -0.05) is 48.0 Å². The van der Waals surface area contributed by atoms with Crippen LogP contribution in [0.1, 0.15) is 15.9 Å². The molecule has 6 nitrogen and oxygen atoms in total. The Labute approximate surface area is 169 Å². The molecule has 2 aromatic carbocycles. The first-order valence-electron chi connectivity index (χ1n) is 9.89. The molecule has 5 rings (SSSR count). The van der Waals surface area contributed by atoms with Crippen molar-refractivity contribution in [1.29, 1.82) is 0 Å². The maximum atomic E-state index is 13.4. The van der Waals surface area contributed by atoms with Crippen LogP contribution < -0.4 is 5.32 Å². The van der Waals surface area contributed by atoms with Gasteiger partial charge in [-0.15, -0.1) is 0 Å². The zero-order chi connectivity index (χ0) is 20.0. The molecule has 0 spiro atoms. The van der Waals surface area contributed by atoms with Gasteiger partial charge in [-0.3, -0.25) is 9.59 Å². The van der Waals surface area contributed by atoms with Crippen LogP contribution >= 0.6 is 0 Å². The van der Waals surface area contributed by atoms with Gasteiger partial charge >= 0.3 is 0 Å². The molecule has 2 atom stereocenters. The molecule has 1 aromatic heterocycles. The van der Waals surface area contributed by atoms with Crippen LogP contribution in [0.3, 0.4) is 0 Å². The maximum absolute atomic E-state index is 13.4. The summed E-state index contributed by atoms with van der Waals surface area (Å²) in [5.41, 5.74) is 4.20. The lowest BCUT2D eigenvalue weighted by molar-refractivity contribution is -0.122. The van der Waals surface area contributed by atoms with Crippen molar-refractivity contribution in [2.24, 2.45) is 11.8 Å². The Bertz CT molecular complexity index is 1070. The molecule has 2 amide bonds. The van der Waals surface area contributed by atoms with E-state index in [-0.39, 0.29) is 23.7 Å². The van der Waals surface area contributed by atoms with Crippen molar-refractivity contribution in [3.8, 4) is 16.9 Å². The molecular formula is C23H22N4O2. The third-order valence-electron chi connectivity index (χ3n) is 5.89. The number of amides is 2. The van der Waals surface area contributed by atoms with Crippen molar-refractivity contribution in [2.45, 2.75) is 6.92 Å². The highest BCUT2D eigenvalue weighted by Gasteiger charge is 2.44. The second kappa shape index (κ2) is 6.88. The van der Waals surface area contributed by atoms with Crippen molar-refractivity contribution in [3.05, 3.63) is 71.9 Å². The first-order chi connectivity index (χ1) is 14.1. The number of aromatic nitrogens is 2. The van der Waals surface area contributed by atoms with Gasteiger partial charge in [0.25, 0.3) is 5.91 Å². The molecule has 0 unspecified atom stereocenters. The number of likely N-dealkylation sites (tertiary alicyclic amines) is 1. The van der Waals surface area contributed by atoms with Crippen LogP contribution in [0.25, 0.3) is 16.9 Å². The second-order valence-corrected chi connectivity index (χ2v) is 7.86. The Morgan fingerprint density at radius 1 is 1.07 bits per heavy atom. The molecule has 2 aliphatic heterocycles. The minimum absolute atomic E-state index is 0.0593. The van der Waals surface area contributed by atoms with E-state index in [0.717, 1.165) is 16.8 Å². The van der Waals surface area contributed by atoms with E-state index in [9.17, 15) is 9.59 Å². The SMILES string of the molecule is Cc1ccc(-c2nn(-c3ccccc3)cc2C(=O)N2C[C@@H]3CNC(=O)[C@@H]3C2)cc1. The van der Waals surface area contributed by atoms with Crippen LogP contribution in [0.15, 0.2) is 60.8 Å². The maximum Gasteiger partial charge on any atom is 0.257 e. The number of aryl methyl sites for hydroxylation is 1. The summed E-state index contributed by atoms with van der Waals surface area (Å²) < 4.78 is 1.76. The fourth-order valence-electron chi connectivity index (χ4n) is 4.24. The van der Waals surface area contributed by atoms with Crippen molar-refractivity contribution in [1.82, 2.24) is 20.0 Å². The van der Waals surface area contributed by atoms with Crippen molar-refractivity contribution in [3.63, 3.8) is 0 Å². The van der Waals surface area contributed by atoms with Crippen LogP contribution in [0.2, 0.25) is 0 Å². The van der Waals surface area contributed by atoms with Gasteiger partial charge in [0.1, 0.15) is 5.69 Å². The largest absolute Gasteiger partial charge is 0.355 e. The van der Waals surface area contributed by atoms with Gasteiger partial charge in [0.2, 0.25) is 5.91 Å². The quantitative estimate of drug-likeness (QED) is 0.753. The molecule has 2 saturated heterocycles. The summed E-state index contributed by atoms with van der Waals surface area (Å²) in [5.74, 6) is 0.110. The summed E-state index contributed by atoms with van der Waals surface area (Å²) in [6.45, 7) is 3.76. The molecule has 0 saturated carbocycles. The molecule has 146 valence electrons. The number of nitrogens with zero attached hydrogens (tertiary/aromatic N) is 3. The number of carbonyl (C=O) groups excluding carboxylic acids is 2. The Morgan fingerprint density at radius 2 is 1.83 bits per heavy atom. The minimum Gasteiger partial charge on any atom is -0.355 e. The third kappa shape index (κ3) is 3.10. The lowest BCUT2D eigenvalue weighted by Crippen LogP contribution is -2.33. The van der Waals surface area contributed by atoms with Gasteiger partial charge in [0, 0.05) is 37.3 Å². The van der Waals surface area contributed by atoms with Gasteiger partial charge in [-0.25, -0.2) is 4.68 Å². The van der Waals surface area contributed by atoms with Crippen molar-refractivity contribution < 1.29 is 9.59 Å². The van der Waals surface area contributed by atoms with E-state index in [1.165, 1.54) is 0 Å². The van der Waals surface area contributed by atoms with Crippen LogP contribution in [0, 0.1) is 18.8 Å². The van der Waals surface area contributed by atoms with Crippen LogP contribution in [-0.2, 0) is 4.79 Å². The van der Waals surface area contributed by atoms with E-state index in [2.05, 4.69) is 5.32 Å². The molecule has 0 aliphatic carbocycles. The number of rotatable bonds is 3. The van der Waals surface area contributed by atoms with Crippen LogP contribution in [0.5, 0.6) is 0 Å². The average molecular weight is 386 g/mol. The van der Waals surface area contributed by atoms with E-state index >= 15 is 0 Å². The minimum atomic E-state index is -0.0917. The monoisotopic (exact) mass is 386 g/mol.